The highest BCUT2D eigenvalue weighted by atomic mass is 15.3. The van der Waals surface area contributed by atoms with Crippen molar-refractivity contribution in [1.29, 1.82) is 0 Å². The summed E-state index contributed by atoms with van der Waals surface area (Å²) in [5.41, 5.74) is 2.47. The van der Waals surface area contributed by atoms with Crippen molar-refractivity contribution in [2.24, 2.45) is 13.0 Å². The minimum Gasteiger partial charge on any atom is -0.307 e. The van der Waals surface area contributed by atoms with E-state index in [4.69, 9.17) is 0 Å². The molecule has 1 aromatic heterocycles. The fourth-order valence-electron chi connectivity index (χ4n) is 2.01. The topological polar surface area (TPSA) is 29.9 Å². The number of aryl methyl sites for hydroxylation is 2. The smallest absolute Gasteiger partial charge is 0.0641 e. The van der Waals surface area contributed by atoms with Gasteiger partial charge in [-0.2, -0.15) is 5.10 Å². The van der Waals surface area contributed by atoms with Crippen molar-refractivity contribution in [3.63, 3.8) is 0 Å². The van der Waals surface area contributed by atoms with Gasteiger partial charge in [-0.3, -0.25) is 4.68 Å². The van der Waals surface area contributed by atoms with Crippen molar-refractivity contribution in [3.8, 4) is 0 Å². The summed E-state index contributed by atoms with van der Waals surface area (Å²) in [6.07, 6.45) is 3.43. The fraction of sp³-hybridized carbons (Fsp3) is 0.727. The molecular formula is C11H19N3. The Hall–Kier alpha value is -0.830. The van der Waals surface area contributed by atoms with E-state index < -0.39 is 0 Å². The number of hydrogen-bond acceptors (Lipinski definition) is 2. The van der Waals surface area contributed by atoms with Crippen molar-refractivity contribution in [3.05, 3.63) is 17.5 Å². The lowest BCUT2D eigenvalue weighted by atomic mass is 10.1. The number of aromatic nitrogens is 2. The molecule has 3 unspecified atom stereocenters. The van der Waals surface area contributed by atoms with Crippen LogP contribution in [0.4, 0.5) is 0 Å². The Morgan fingerprint density at radius 1 is 1.64 bits per heavy atom. The van der Waals surface area contributed by atoms with E-state index >= 15 is 0 Å². The van der Waals surface area contributed by atoms with Gasteiger partial charge in [-0.1, -0.05) is 6.92 Å². The molecule has 0 aromatic carbocycles. The Balaban J connectivity index is 2.03. The van der Waals surface area contributed by atoms with Crippen LogP contribution in [0.3, 0.4) is 0 Å². The molecule has 2 rings (SSSR count). The van der Waals surface area contributed by atoms with E-state index in [1.165, 1.54) is 12.0 Å². The maximum absolute atomic E-state index is 4.36. The van der Waals surface area contributed by atoms with Crippen LogP contribution in [0.25, 0.3) is 0 Å². The molecule has 1 fully saturated rings. The SMILES string of the molecule is Cc1nn(C)cc1C(C)NC1CC1C. The van der Waals surface area contributed by atoms with Gasteiger partial charge in [0.05, 0.1) is 5.69 Å². The highest BCUT2D eigenvalue weighted by molar-refractivity contribution is 5.19. The molecule has 14 heavy (non-hydrogen) atoms. The van der Waals surface area contributed by atoms with Gasteiger partial charge in [-0.05, 0) is 26.2 Å². The van der Waals surface area contributed by atoms with Gasteiger partial charge in [0.25, 0.3) is 0 Å². The Kier molecular flexibility index (Phi) is 2.35. The molecule has 78 valence electrons. The predicted octanol–water partition coefficient (Wildman–Crippen LogP) is 1.79. The Labute approximate surface area is 85.5 Å². The molecule has 0 aliphatic heterocycles. The van der Waals surface area contributed by atoms with Crippen molar-refractivity contribution in [1.82, 2.24) is 15.1 Å². The maximum Gasteiger partial charge on any atom is 0.0641 e. The average Bonchev–Trinajstić information content (AvgIpc) is 2.64. The quantitative estimate of drug-likeness (QED) is 0.793. The van der Waals surface area contributed by atoms with Gasteiger partial charge in [0, 0.05) is 30.9 Å². The van der Waals surface area contributed by atoms with Crippen molar-refractivity contribution in [2.45, 2.75) is 39.3 Å². The highest BCUT2D eigenvalue weighted by Crippen LogP contribution is 2.31. The summed E-state index contributed by atoms with van der Waals surface area (Å²) in [5, 5.41) is 7.98. The molecule has 1 saturated carbocycles. The van der Waals surface area contributed by atoms with Crippen LogP contribution in [-0.2, 0) is 7.05 Å². The first-order valence-electron chi connectivity index (χ1n) is 5.34. The van der Waals surface area contributed by atoms with Gasteiger partial charge in [0.1, 0.15) is 0 Å². The molecule has 3 nitrogen and oxygen atoms in total. The van der Waals surface area contributed by atoms with E-state index in [9.17, 15) is 0 Å². The summed E-state index contributed by atoms with van der Waals surface area (Å²) in [4.78, 5) is 0. The van der Waals surface area contributed by atoms with Crippen LogP contribution in [0.15, 0.2) is 6.20 Å². The van der Waals surface area contributed by atoms with Crippen LogP contribution in [0.5, 0.6) is 0 Å². The first kappa shape index (κ1) is 9.71. The molecule has 1 heterocycles. The van der Waals surface area contributed by atoms with Crippen LogP contribution < -0.4 is 5.32 Å². The minimum absolute atomic E-state index is 0.429. The van der Waals surface area contributed by atoms with Crippen LogP contribution >= 0.6 is 0 Å². The molecule has 1 aliphatic rings. The fourth-order valence-corrected chi connectivity index (χ4v) is 2.01. The number of rotatable bonds is 3. The molecule has 3 heteroatoms. The zero-order chi connectivity index (χ0) is 10.3. The first-order chi connectivity index (χ1) is 6.58. The van der Waals surface area contributed by atoms with Gasteiger partial charge >= 0.3 is 0 Å². The van der Waals surface area contributed by atoms with E-state index in [-0.39, 0.29) is 0 Å². The summed E-state index contributed by atoms with van der Waals surface area (Å²) in [5.74, 6) is 0.856. The summed E-state index contributed by atoms with van der Waals surface area (Å²) < 4.78 is 1.89. The van der Waals surface area contributed by atoms with Crippen LogP contribution in [0.2, 0.25) is 0 Å². The third kappa shape index (κ3) is 1.82. The van der Waals surface area contributed by atoms with E-state index in [2.05, 4.69) is 37.4 Å². The molecule has 0 amide bonds. The van der Waals surface area contributed by atoms with Crippen LogP contribution in [0.1, 0.15) is 37.6 Å². The van der Waals surface area contributed by atoms with Crippen molar-refractivity contribution in [2.75, 3.05) is 0 Å². The lowest BCUT2D eigenvalue weighted by molar-refractivity contribution is 0.549. The molecule has 3 atom stereocenters. The predicted molar refractivity (Wildman–Crippen MR) is 57.1 cm³/mol. The highest BCUT2D eigenvalue weighted by Gasteiger charge is 2.33. The van der Waals surface area contributed by atoms with Crippen molar-refractivity contribution >= 4 is 0 Å². The standard InChI is InChI=1S/C11H19N3/c1-7-5-11(7)12-8(2)10-6-14(4)13-9(10)3/h6-8,11-12H,5H2,1-4H3. The zero-order valence-electron chi connectivity index (χ0n) is 9.41. The van der Waals surface area contributed by atoms with E-state index in [1.807, 2.05) is 11.7 Å². The van der Waals surface area contributed by atoms with E-state index in [1.54, 1.807) is 0 Å². The van der Waals surface area contributed by atoms with E-state index in [0.717, 1.165) is 17.7 Å². The molecule has 1 N–H and O–H groups in total. The van der Waals surface area contributed by atoms with Gasteiger partial charge < -0.3 is 5.32 Å². The Morgan fingerprint density at radius 3 is 2.71 bits per heavy atom. The third-order valence-electron chi connectivity index (χ3n) is 3.09. The molecule has 0 bridgehead atoms. The maximum atomic E-state index is 4.36. The monoisotopic (exact) mass is 193 g/mol. The second-order valence-electron chi connectivity index (χ2n) is 4.55. The molecule has 0 spiro atoms. The lowest BCUT2D eigenvalue weighted by Crippen LogP contribution is -2.22. The van der Waals surface area contributed by atoms with Gasteiger partial charge in [0.2, 0.25) is 0 Å². The number of hydrogen-bond donors (Lipinski definition) is 1. The van der Waals surface area contributed by atoms with Gasteiger partial charge in [-0.15, -0.1) is 0 Å². The molecule has 1 aliphatic carbocycles. The number of nitrogens with one attached hydrogen (secondary N) is 1. The molecule has 0 saturated heterocycles. The summed E-state index contributed by atoms with van der Waals surface area (Å²) in [6.45, 7) is 6.58. The Bertz CT molecular complexity index is 329. The first-order valence-corrected chi connectivity index (χ1v) is 5.34. The minimum atomic E-state index is 0.429. The van der Waals surface area contributed by atoms with Crippen molar-refractivity contribution < 1.29 is 0 Å². The summed E-state index contributed by atoms with van der Waals surface area (Å²) >= 11 is 0. The Morgan fingerprint density at radius 2 is 2.29 bits per heavy atom. The normalized spacial score (nSPS) is 27.7. The lowest BCUT2D eigenvalue weighted by Gasteiger charge is -2.12. The molecule has 0 radical (unpaired) electrons. The second kappa shape index (κ2) is 3.39. The molecular weight excluding hydrogens is 174 g/mol. The molecule has 1 aromatic rings. The van der Waals surface area contributed by atoms with Gasteiger partial charge in [0.15, 0.2) is 0 Å². The second-order valence-corrected chi connectivity index (χ2v) is 4.55. The number of nitrogens with zero attached hydrogens (tertiary/aromatic N) is 2. The van der Waals surface area contributed by atoms with Gasteiger partial charge in [-0.25, -0.2) is 0 Å². The van der Waals surface area contributed by atoms with Crippen LogP contribution in [0, 0.1) is 12.8 Å². The average molecular weight is 193 g/mol. The third-order valence-corrected chi connectivity index (χ3v) is 3.09. The van der Waals surface area contributed by atoms with E-state index in [0.29, 0.717) is 6.04 Å². The summed E-state index contributed by atoms with van der Waals surface area (Å²) in [7, 11) is 1.98. The summed E-state index contributed by atoms with van der Waals surface area (Å²) in [6, 6.07) is 1.16. The van der Waals surface area contributed by atoms with Crippen LogP contribution in [-0.4, -0.2) is 15.8 Å². The largest absolute Gasteiger partial charge is 0.307 e. The zero-order valence-corrected chi connectivity index (χ0v) is 9.41.